The van der Waals surface area contributed by atoms with Crippen LogP contribution in [0.15, 0.2) is 17.2 Å². The standard InChI is InChI=1S/C9H11ClN2S/c1-13-7-4-5-11-9(8(7)10)12-6-2-3-6/h4-6H,2-3H2,1H3,(H,11,12). The van der Waals surface area contributed by atoms with E-state index in [-0.39, 0.29) is 0 Å². The lowest BCUT2D eigenvalue weighted by molar-refractivity contribution is 1.10. The smallest absolute Gasteiger partial charge is 0.146 e. The largest absolute Gasteiger partial charge is 0.366 e. The molecule has 0 atom stereocenters. The minimum absolute atomic E-state index is 0.599. The molecule has 0 saturated heterocycles. The molecule has 4 heteroatoms. The SMILES string of the molecule is CSc1ccnc(NC2CC2)c1Cl. The van der Waals surface area contributed by atoms with Crippen molar-refractivity contribution in [2.75, 3.05) is 11.6 Å². The molecule has 0 spiro atoms. The van der Waals surface area contributed by atoms with Gasteiger partial charge < -0.3 is 5.32 Å². The molecule has 2 rings (SSSR count). The van der Waals surface area contributed by atoms with E-state index >= 15 is 0 Å². The molecule has 1 saturated carbocycles. The molecule has 0 radical (unpaired) electrons. The summed E-state index contributed by atoms with van der Waals surface area (Å²) >= 11 is 7.78. The number of nitrogens with zero attached hydrogens (tertiary/aromatic N) is 1. The van der Waals surface area contributed by atoms with Crippen molar-refractivity contribution in [3.05, 3.63) is 17.3 Å². The number of anilines is 1. The Balaban J connectivity index is 2.22. The fourth-order valence-corrected chi connectivity index (χ4v) is 1.98. The van der Waals surface area contributed by atoms with E-state index in [4.69, 9.17) is 11.6 Å². The first-order valence-corrected chi connectivity index (χ1v) is 5.86. The molecular formula is C9H11ClN2S. The van der Waals surface area contributed by atoms with Gasteiger partial charge in [-0.1, -0.05) is 11.6 Å². The van der Waals surface area contributed by atoms with Crippen molar-refractivity contribution >= 4 is 29.2 Å². The molecule has 0 bridgehead atoms. The van der Waals surface area contributed by atoms with Gasteiger partial charge in [0, 0.05) is 17.1 Å². The van der Waals surface area contributed by atoms with Crippen LogP contribution in [0.3, 0.4) is 0 Å². The average Bonchev–Trinajstić information content (AvgIpc) is 2.92. The van der Waals surface area contributed by atoms with Gasteiger partial charge in [-0.3, -0.25) is 0 Å². The Morgan fingerprint density at radius 2 is 2.38 bits per heavy atom. The summed E-state index contributed by atoms with van der Waals surface area (Å²) in [7, 11) is 0. The Kier molecular flexibility index (Phi) is 2.65. The normalized spacial score (nSPS) is 15.8. The highest BCUT2D eigenvalue weighted by Gasteiger charge is 2.22. The molecule has 1 aliphatic rings. The second-order valence-corrected chi connectivity index (χ2v) is 4.32. The molecular weight excluding hydrogens is 204 g/mol. The van der Waals surface area contributed by atoms with E-state index in [0.717, 1.165) is 15.7 Å². The number of hydrogen-bond donors (Lipinski definition) is 1. The molecule has 1 fully saturated rings. The summed E-state index contributed by atoms with van der Waals surface area (Å²) in [6.07, 6.45) is 6.29. The number of halogens is 1. The molecule has 70 valence electrons. The lowest BCUT2D eigenvalue weighted by atomic mass is 10.4. The lowest BCUT2D eigenvalue weighted by Crippen LogP contribution is -2.03. The maximum absolute atomic E-state index is 6.13. The third kappa shape index (κ3) is 2.09. The Labute approximate surface area is 87.1 Å². The topological polar surface area (TPSA) is 24.9 Å². The number of rotatable bonds is 3. The monoisotopic (exact) mass is 214 g/mol. The van der Waals surface area contributed by atoms with Gasteiger partial charge >= 0.3 is 0 Å². The first-order valence-electron chi connectivity index (χ1n) is 4.26. The lowest BCUT2D eigenvalue weighted by Gasteiger charge is -2.07. The van der Waals surface area contributed by atoms with Crippen molar-refractivity contribution in [2.24, 2.45) is 0 Å². The zero-order valence-corrected chi connectivity index (χ0v) is 8.95. The van der Waals surface area contributed by atoms with Crippen LogP contribution in [-0.4, -0.2) is 17.3 Å². The average molecular weight is 215 g/mol. The number of thioether (sulfide) groups is 1. The quantitative estimate of drug-likeness (QED) is 0.783. The van der Waals surface area contributed by atoms with Crippen LogP contribution in [0.5, 0.6) is 0 Å². The summed E-state index contributed by atoms with van der Waals surface area (Å²) < 4.78 is 0. The Morgan fingerprint density at radius 3 is 3.00 bits per heavy atom. The molecule has 0 unspecified atom stereocenters. The summed E-state index contributed by atoms with van der Waals surface area (Å²) in [5.74, 6) is 0.830. The molecule has 1 heterocycles. The van der Waals surface area contributed by atoms with Crippen LogP contribution < -0.4 is 5.32 Å². The van der Waals surface area contributed by atoms with Crippen LogP contribution in [0.2, 0.25) is 5.02 Å². The summed E-state index contributed by atoms with van der Waals surface area (Å²) in [5, 5.41) is 4.05. The molecule has 1 N–H and O–H groups in total. The van der Waals surface area contributed by atoms with Gasteiger partial charge in [0.15, 0.2) is 0 Å². The van der Waals surface area contributed by atoms with Crippen molar-refractivity contribution in [2.45, 2.75) is 23.8 Å². The second-order valence-electron chi connectivity index (χ2n) is 3.09. The maximum atomic E-state index is 6.13. The summed E-state index contributed by atoms with van der Waals surface area (Å²) in [5.41, 5.74) is 0. The third-order valence-corrected chi connectivity index (χ3v) is 3.27. The minimum atomic E-state index is 0.599. The molecule has 1 aromatic rings. The maximum Gasteiger partial charge on any atom is 0.146 e. The molecule has 0 amide bonds. The second kappa shape index (κ2) is 3.76. The van der Waals surface area contributed by atoms with E-state index in [9.17, 15) is 0 Å². The molecule has 0 aliphatic heterocycles. The third-order valence-electron chi connectivity index (χ3n) is 1.99. The molecule has 1 aliphatic carbocycles. The van der Waals surface area contributed by atoms with E-state index in [1.807, 2.05) is 12.3 Å². The van der Waals surface area contributed by atoms with Crippen molar-refractivity contribution in [1.82, 2.24) is 4.98 Å². The van der Waals surface area contributed by atoms with Gasteiger partial charge in [0.05, 0.1) is 5.02 Å². The highest BCUT2D eigenvalue weighted by Crippen LogP contribution is 2.33. The Morgan fingerprint density at radius 1 is 1.62 bits per heavy atom. The predicted molar refractivity (Wildman–Crippen MR) is 57.7 cm³/mol. The van der Waals surface area contributed by atoms with E-state index in [2.05, 4.69) is 10.3 Å². The fraction of sp³-hybridized carbons (Fsp3) is 0.444. The van der Waals surface area contributed by atoms with Crippen molar-refractivity contribution in [3.63, 3.8) is 0 Å². The number of aromatic nitrogens is 1. The summed E-state index contributed by atoms with van der Waals surface area (Å²) in [6, 6.07) is 2.53. The van der Waals surface area contributed by atoms with Gasteiger partial charge in [-0.05, 0) is 25.2 Å². The molecule has 2 nitrogen and oxygen atoms in total. The van der Waals surface area contributed by atoms with Crippen molar-refractivity contribution in [1.29, 1.82) is 0 Å². The highest BCUT2D eigenvalue weighted by molar-refractivity contribution is 7.98. The highest BCUT2D eigenvalue weighted by atomic mass is 35.5. The summed E-state index contributed by atoms with van der Waals surface area (Å²) in [6.45, 7) is 0. The van der Waals surface area contributed by atoms with Gasteiger partial charge in [-0.15, -0.1) is 11.8 Å². The van der Waals surface area contributed by atoms with Crippen molar-refractivity contribution in [3.8, 4) is 0 Å². The zero-order valence-electron chi connectivity index (χ0n) is 7.38. The van der Waals surface area contributed by atoms with Crippen LogP contribution in [0.1, 0.15) is 12.8 Å². The van der Waals surface area contributed by atoms with Crippen LogP contribution in [-0.2, 0) is 0 Å². The van der Waals surface area contributed by atoms with Crippen LogP contribution in [0, 0.1) is 0 Å². The predicted octanol–water partition coefficient (Wildman–Crippen LogP) is 3.03. The minimum Gasteiger partial charge on any atom is -0.366 e. The Bertz CT molecular complexity index is 312. The molecule has 0 aromatic carbocycles. The number of nitrogens with one attached hydrogen (secondary N) is 1. The molecule has 13 heavy (non-hydrogen) atoms. The van der Waals surface area contributed by atoms with Crippen LogP contribution >= 0.6 is 23.4 Å². The van der Waals surface area contributed by atoms with Gasteiger partial charge in [0.2, 0.25) is 0 Å². The van der Waals surface area contributed by atoms with E-state index in [1.165, 1.54) is 12.8 Å². The Hall–Kier alpha value is -0.410. The van der Waals surface area contributed by atoms with E-state index in [1.54, 1.807) is 18.0 Å². The fourth-order valence-electron chi connectivity index (χ4n) is 1.11. The van der Waals surface area contributed by atoms with Gasteiger partial charge in [-0.2, -0.15) is 0 Å². The van der Waals surface area contributed by atoms with Crippen LogP contribution in [0.4, 0.5) is 5.82 Å². The van der Waals surface area contributed by atoms with E-state index in [0.29, 0.717) is 6.04 Å². The first kappa shape index (κ1) is 9.16. The van der Waals surface area contributed by atoms with Crippen LogP contribution in [0.25, 0.3) is 0 Å². The number of pyridine rings is 1. The van der Waals surface area contributed by atoms with E-state index < -0.39 is 0 Å². The summed E-state index contributed by atoms with van der Waals surface area (Å²) in [4.78, 5) is 5.29. The number of hydrogen-bond acceptors (Lipinski definition) is 3. The van der Waals surface area contributed by atoms with Gasteiger partial charge in [0.25, 0.3) is 0 Å². The van der Waals surface area contributed by atoms with Gasteiger partial charge in [0.1, 0.15) is 5.82 Å². The van der Waals surface area contributed by atoms with Gasteiger partial charge in [-0.25, -0.2) is 4.98 Å². The first-order chi connectivity index (χ1) is 6.31. The van der Waals surface area contributed by atoms with Crippen molar-refractivity contribution < 1.29 is 0 Å². The zero-order chi connectivity index (χ0) is 9.26. The molecule has 1 aromatic heterocycles.